The number of hydrogen-bond acceptors (Lipinski definition) is 8. The molecule has 0 radical (unpaired) electrons. The van der Waals surface area contributed by atoms with Crippen LogP contribution in [0.2, 0.25) is 0 Å². The Hall–Kier alpha value is -4.21. The molecule has 0 spiro atoms. The summed E-state index contributed by atoms with van der Waals surface area (Å²) in [5.74, 6) is 1.04. The Morgan fingerprint density at radius 3 is 2.76 bits per heavy atom. The van der Waals surface area contributed by atoms with Crippen molar-refractivity contribution in [3.63, 3.8) is 0 Å². The highest BCUT2D eigenvalue weighted by molar-refractivity contribution is 5.67. The van der Waals surface area contributed by atoms with Gasteiger partial charge in [-0.15, -0.1) is 0 Å². The molecule has 0 aliphatic heterocycles. The van der Waals surface area contributed by atoms with E-state index in [9.17, 15) is 4.79 Å². The molecular formula is C19H17N7O3. The molecule has 0 saturated carbocycles. The number of aromatic amines is 1. The Morgan fingerprint density at radius 2 is 1.97 bits per heavy atom. The standard InChI is InChI=1S/C19H17N7O3/c27-17(28)7-6-12-3-1-4-13(9-12)22-18-20-11-21-19(24-18)23-16-10-14(25-26-16)15-5-2-8-29-15/h1-5,8-11H,6-7H2,(H,27,28)(H3,20,21,22,23,24,25,26). The number of aliphatic carboxylic acids is 1. The number of carboxylic acids is 1. The van der Waals surface area contributed by atoms with Gasteiger partial charge in [0.15, 0.2) is 11.6 Å². The lowest BCUT2D eigenvalue weighted by atomic mass is 10.1. The van der Waals surface area contributed by atoms with Crippen LogP contribution in [0.15, 0.2) is 59.5 Å². The van der Waals surface area contributed by atoms with Crippen LogP contribution in [0.4, 0.5) is 23.4 Å². The number of aromatic nitrogens is 5. The van der Waals surface area contributed by atoms with Crippen molar-refractivity contribution in [3.05, 3.63) is 60.6 Å². The van der Waals surface area contributed by atoms with Crippen LogP contribution >= 0.6 is 0 Å². The number of benzene rings is 1. The Morgan fingerprint density at radius 1 is 1.10 bits per heavy atom. The minimum atomic E-state index is -0.829. The van der Waals surface area contributed by atoms with Crippen molar-refractivity contribution in [2.45, 2.75) is 12.8 Å². The number of nitrogens with zero attached hydrogens (tertiary/aromatic N) is 4. The summed E-state index contributed by atoms with van der Waals surface area (Å²) in [6.45, 7) is 0. The van der Waals surface area contributed by atoms with Gasteiger partial charge in [0.25, 0.3) is 0 Å². The lowest BCUT2D eigenvalue weighted by Gasteiger charge is -2.07. The number of H-pyrrole nitrogens is 1. The first kappa shape index (κ1) is 18.2. The summed E-state index contributed by atoms with van der Waals surface area (Å²) in [5.41, 5.74) is 2.39. The zero-order chi connectivity index (χ0) is 20.1. The van der Waals surface area contributed by atoms with Gasteiger partial charge in [0.05, 0.1) is 6.26 Å². The van der Waals surface area contributed by atoms with Gasteiger partial charge in [0, 0.05) is 18.2 Å². The smallest absolute Gasteiger partial charge is 0.303 e. The highest BCUT2D eigenvalue weighted by Gasteiger charge is 2.08. The molecule has 0 atom stereocenters. The molecule has 0 amide bonds. The molecular weight excluding hydrogens is 374 g/mol. The molecule has 0 bridgehead atoms. The van der Waals surface area contributed by atoms with E-state index in [-0.39, 0.29) is 6.42 Å². The topological polar surface area (TPSA) is 142 Å². The van der Waals surface area contributed by atoms with E-state index in [1.54, 1.807) is 18.4 Å². The van der Waals surface area contributed by atoms with Crippen molar-refractivity contribution < 1.29 is 14.3 Å². The third-order valence-electron chi connectivity index (χ3n) is 3.99. The summed E-state index contributed by atoms with van der Waals surface area (Å²) in [6, 6.07) is 12.8. The monoisotopic (exact) mass is 391 g/mol. The van der Waals surface area contributed by atoms with Crippen molar-refractivity contribution in [1.82, 2.24) is 25.1 Å². The van der Waals surface area contributed by atoms with Crippen molar-refractivity contribution >= 4 is 29.4 Å². The molecule has 0 aliphatic rings. The molecule has 10 nitrogen and oxygen atoms in total. The molecule has 0 aliphatic carbocycles. The summed E-state index contributed by atoms with van der Waals surface area (Å²) in [5, 5.41) is 22.0. The van der Waals surface area contributed by atoms with Crippen LogP contribution in [0.25, 0.3) is 11.5 Å². The first-order valence-corrected chi connectivity index (χ1v) is 8.79. The molecule has 4 rings (SSSR count). The molecule has 4 aromatic rings. The number of carboxylic acid groups (broad SMARTS) is 1. The van der Waals surface area contributed by atoms with Gasteiger partial charge in [-0.3, -0.25) is 9.89 Å². The number of carbonyl (C=O) groups is 1. The largest absolute Gasteiger partial charge is 0.481 e. The van der Waals surface area contributed by atoms with Crippen LogP contribution in [0, 0.1) is 0 Å². The predicted molar refractivity (Wildman–Crippen MR) is 105 cm³/mol. The molecule has 0 fully saturated rings. The van der Waals surface area contributed by atoms with Gasteiger partial charge in [-0.25, -0.2) is 9.97 Å². The van der Waals surface area contributed by atoms with Crippen molar-refractivity contribution in [3.8, 4) is 11.5 Å². The second kappa shape index (κ2) is 8.21. The first-order chi connectivity index (χ1) is 14.2. The second-order valence-electron chi connectivity index (χ2n) is 6.12. The fourth-order valence-electron chi connectivity index (χ4n) is 2.66. The molecule has 4 N–H and O–H groups in total. The van der Waals surface area contributed by atoms with Crippen molar-refractivity contribution in [1.29, 1.82) is 0 Å². The zero-order valence-corrected chi connectivity index (χ0v) is 15.2. The highest BCUT2D eigenvalue weighted by atomic mass is 16.4. The van der Waals surface area contributed by atoms with Gasteiger partial charge < -0.3 is 20.2 Å². The number of rotatable bonds is 8. The minimum absolute atomic E-state index is 0.0763. The maximum absolute atomic E-state index is 10.7. The fraction of sp³-hybridized carbons (Fsp3) is 0.105. The third-order valence-corrected chi connectivity index (χ3v) is 3.99. The quantitative estimate of drug-likeness (QED) is 0.355. The van der Waals surface area contributed by atoms with Crippen molar-refractivity contribution in [2.24, 2.45) is 0 Å². The van der Waals surface area contributed by atoms with Crippen LogP contribution in [0.1, 0.15) is 12.0 Å². The van der Waals surface area contributed by atoms with Gasteiger partial charge >= 0.3 is 5.97 Å². The van der Waals surface area contributed by atoms with Gasteiger partial charge in [-0.2, -0.15) is 10.1 Å². The average Bonchev–Trinajstić information content (AvgIpc) is 3.39. The van der Waals surface area contributed by atoms with E-state index in [1.807, 2.05) is 30.3 Å². The molecule has 1 aromatic carbocycles. The summed E-state index contributed by atoms with van der Waals surface area (Å²) in [7, 11) is 0. The van der Waals surface area contributed by atoms with E-state index < -0.39 is 5.97 Å². The molecule has 3 aromatic heterocycles. The molecule has 29 heavy (non-hydrogen) atoms. The Labute approximate surface area is 165 Å². The van der Waals surface area contributed by atoms with E-state index in [0.717, 1.165) is 16.9 Å². The highest BCUT2D eigenvalue weighted by Crippen LogP contribution is 2.22. The zero-order valence-electron chi connectivity index (χ0n) is 15.2. The van der Waals surface area contributed by atoms with E-state index in [2.05, 4.69) is 35.8 Å². The van der Waals surface area contributed by atoms with Crippen molar-refractivity contribution in [2.75, 3.05) is 10.6 Å². The summed E-state index contributed by atoms with van der Waals surface area (Å²) in [6.07, 6.45) is 3.49. The van der Waals surface area contributed by atoms with Gasteiger partial charge in [-0.1, -0.05) is 12.1 Å². The lowest BCUT2D eigenvalue weighted by molar-refractivity contribution is -0.136. The second-order valence-corrected chi connectivity index (χ2v) is 6.12. The normalized spacial score (nSPS) is 10.6. The summed E-state index contributed by atoms with van der Waals surface area (Å²) >= 11 is 0. The Balaban J connectivity index is 1.44. The number of aryl methyl sites for hydroxylation is 1. The SMILES string of the molecule is O=C(O)CCc1cccc(Nc2ncnc(Nc3cc(-c4ccco4)[nH]n3)n2)c1. The molecule has 0 saturated heterocycles. The van der Waals surface area contributed by atoms with E-state index in [1.165, 1.54) is 6.33 Å². The fourth-order valence-corrected chi connectivity index (χ4v) is 2.66. The van der Waals surface area contributed by atoms with Gasteiger partial charge in [-0.05, 0) is 36.2 Å². The molecule has 10 heteroatoms. The number of nitrogens with one attached hydrogen (secondary N) is 3. The van der Waals surface area contributed by atoms with Crippen LogP contribution in [0.5, 0.6) is 0 Å². The molecule has 146 valence electrons. The maximum atomic E-state index is 10.7. The number of hydrogen-bond donors (Lipinski definition) is 4. The summed E-state index contributed by atoms with van der Waals surface area (Å²) < 4.78 is 5.33. The van der Waals surface area contributed by atoms with Crippen LogP contribution in [-0.4, -0.2) is 36.2 Å². The number of furan rings is 1. The number of anilines is 4. The minimum Gasteiger partial charge on any atom is -0.481 e. The molecule has 0 unspecified atom stereocenters. The maximum Gasteiger partial charge on any atom is 0.303 e. The van der Waals surface area contributed by atoms with Crippen LogP contribution in [-0.2, 0) is 11.2 Å². The van der Waals surface area contributed by atoms with E-state index in [4.69, 9.17) is 9.52 Å². The van der Waals surface area contributed by atoms with Crippen LogP contribution < -0.4 is 10.6 Å². The Kier molecular flexibility index (Phi) is 5.14. The van der Waals surface area contributed by atoms with E-state index in [0.29, 0.717) is 29.9 Å². The Bertz CT molecular complexity index is 1110. The van der Waals surface area contributed by atoms with Gasteiger partial charge in [0.2, 0.25) is 11.9 Å². The summed E-state index contributed by atoms with van der Waals surface area (Å²) in [4.78, 5) is 23.3. The average molecular weight is 391 g/mol. The third kappa shape index (κ3) is 4.75. The molecule has 3 heterocycles. The van der Waals surface area contributed by atoms with E-state index >= 15 is 0 Å². The van der Waals surface area contributed by atoms with Gasteiger partial charge in [0.1, 0.15) is 12.0 Å². The first-order valence-electron chi connectivity index (χ1n) is 8.79. The predicted octanol–water partition coefficient (Wildman–Crippen LogP) is 3.36. The van der Waals surface area contributed by atoms with Crippen LogP contribution in [0.3, 0.4) is 0 Å². The lowest BCUT2D eigenvalue weighted by Crippen LogP contribution is -2.03.